The highest BCUT2D eigenvalue weighted by Crippen LogP contribution is 2.46. The summed E-state index contributed by atoms with van der Waals surface area (Å²) in [6.07, 6.45) is -1.13. The van der Waals surface area contributed by atoms with Crippen LogP contribution in [-0.2, 0) is 53.3 Å². The van der Waals surface area contributed by atoms with Crippen LogP contribution < -0.4 is 20.1 Å². The van der Waals surface area contributed by atoms with E-state index >= 15 is 0 Å². The molecule has 2 aromatic rings. The van der Waals surface area contributed by atoms with Crippen LogP contribution in [0.2, 0.25) is 0 Å². The van der Waals surface area contributed by atoms with E-state index in [1.807, 2.05) is 39.8 Å². The molecule has 0 bridgehead atoms. The molecule has 1 saturated carbocycles. The number of benzene rings is 2. The molecule has 2 fully saturated rings. The molecular formula is C39H47F3N6O9S. The van der Waals surface area contributed by atoms with Gasteiger partial charge in [0.1, 0.15) is 29.3 Å². The predicted octanol–water partition coefficient (Wildman–Crippen LogP) is 4.89. The minimum absolute atomic E-state index is 0.00566. The van der Waals surface area contributed by atoms with Gasteiger partial charge < -0.3 is 25.0 Å². The molecular weight excluding hydrogens is 786 g/mol. The van der Waals surface area contributed by atoms with E-state index in [4.69, 9.17) is 9.47 Å². The van der Waals surface area contributed by atoms with Crippen molar-refractivity contribution in [3.05, 3.63) is 77.4 Å². The molecule has 19 heteroatoms. The summed E-state index contributed by atoms with van der Waals surface area (Å²) in [5, 5.41) is 5.34. The van der Waals surface area contributed by atoms with Crippen molar-refractivity contribution in [3.8, 4) is 0 Å². The minimum Gasteiger partial charge on any atom is -0.444 e. The number of allylic oxidation sites excluding steroid dienone is 1. The second-order valence-corrected chi connectivity index (χ2v) is 17.4. The van der Waals surface area contributed by atoms with Gasteiger partial charge in [0.25, 0.3) is 5.91 Å². The Bertz CT molecular complexity index is 2030. The van der Waals surface area contributed by atoms with Gasteiger partial charge in [-0.3, -0.25) is 24.0 Å². The number of halogens is 3. The van der Waals surface area contributed by atoms with Gasteiger partial charge in [0.2, 0.25) is 11.8 Å². The number of nitrogens with zero attached hydrogens (tertiary/aromatic N) is 2. The van der Waals surface area contributed by atoms with Gasteiger partial charge in [-0.15, -0.1) is 0 Å². The Balaban J connectivity index is 1.24. The first-order valence-corrected chi connectivity index (χ1v) is 20.5. The Morgan fingerprint density at radius 2 is 1.62 bits per heavy atom. The number of anilines is 1. The quantitative estimate of drug-likeness (QED) is 0.294. The number of rotatable bonds is 6. The van der Waals surface area contributed by atoms with Gasteiger partial charge in [-0.1, -0.05) is 49.3 Å². The lowest BCUT2D eigenvalue weighted by atomic mass is 10.0. The Morgan fingerprint density at radius 1 is 0.948 bits per heavy atom. The molecule has 15 nitrogen and oxygen atoms in total. The van der Waals surface area contributed by atoms with Crippen LogP contribution in [0.15, 0.2) is 60.7 Å². The number of nitrogens with one attached hydrogen (secondary N) is 4. The number of carbonyl (C=O) groups excluding carboxylic acids is 5. The highest BCUT2D eigenvalue weighted by molar-refractivity contribution is 7.91. The van der Waals surface area contributed by atoms with Crippen molar-refractivity contribution >= 4 is 45.8 Å². The lowest BCUT2D eigenvalue weighted by Gasteiger charge is -2.30. The highest BCUT2D eigenvalue weighted by Gasteiger charge is 2.62. The van der Waals surface area contributed by atoms with Gasteiger partial charge >= 0.3 is 28.6 Å². The van der Waals surface area contributed by atoms with Crippen molar-refractivity contribution in [2.75, 3.05) is 11.3 Å². The molecule has 0 unspecified atom stereocenters. The number of ether oxygens (including phenoxy) is 2. The lowest BCUT2D eigenvalue weighted by Crippen LogP contribution is -2.58. The Morgan fingerprint density at radius 3 is 2.26 bits per heavy atom. The SMILES string of the molecule is CC(C)(C)OC(=O)N[C@H]1CCCCC/C=C\[C@H]2C[C@@]2(C(=O)NS(=O)(=O)Nc2ccc(C(F)(F)F)cc2)NC(=O)[C@@H]2C[C@@H](OC(=O)N3Cc4ccccc4C3)CN2C1=O. The fraction of sp³-hybridized carbons (Fsp3) is 0.513. The van der Waals surface area contributed by atoms with Crippen LogP contribution >= 0.6 is 0 Å². The Hall–Kier alpha value is -5.33. The van der Waals surface area contributed by atoms with Crippen LogP contribution in [0, 0.1) is 5.92 Å². The van der Waals surface area contributed by atoms with E-state index in [1.165, 1.54) is 9.80 Å². The number of alkyl halides is 3. The molecule has 0 radical (unpaired) electrons. The first-order chi connectivity index (χ1) is 27.2. The van der Waals surface area contributed by atoms with Gasteiger partial charge in [-0.2, -0.15) is 21.6 Å². The maximum atomic E-state index is 14.4. The molecule has 2 aromatic carbocycles. The zero-order chi connectivity index (χ0) is 42.0. The zero-order valence-corrected chi connectivity index (χ0v) is 33.1. The number of fused-ring (bicyclic) bond motifs is 3. The smallest absolute Gasteiger partial charge is 0.416 e. The fourth-order valence-electron chi connectivity index (χ4n) is 7.42. The average Bonchev–Trinajstić information content (AvgIpc) is 3.43. The Kier molecular flexibility index (Phi) is 12.0. The molecule has 6 rings (SSSR count). The van der Waals surface area contributed by atoms with Crippen molar-refractivity contribution in [2.45, 2.75) is 114 Å². The summed E-state index contributed by atoms with van der Waals surface area (Å²) >= 11 is 0. The van der Waals surface area contributed by atoms with E-state index in [2.05, 4.69) is 10.6 Å². The van der Waals surface area contributed by atoms with E-state index in [9.17, 15) is 45.6 Å². The third-order valence-corrected chi connectivity index (χ3v) is 11.4. The normalized spacial score (nSPS) is 25.8. The number of hydrogen-bond donors (Lipinski definition) is 4. The minimum atomic E-state index is -4.72. The topological polar surface area (TPSA) is 193 Å². The summed E-state index contributed by atoms with van der Waals surface area (Å²) in [7, 11) is -4.72. The van der Waals surface area contributed by atoms with E-state index in [1.54, 1.807) is 26.8 Å². The third kappa shape index (κ3) is 10.2. The lowest BCUT2D eigenvalue weighted by molar-refractivity contribution is -0.141. The molecule has 1 aliphatic carbocycles. The predicted molar refractivity (Wildman–Crippen MR) is 203 cm³/mol. The zero-order valence-electron chi connectivity index (χ0n) is 32.3. The molecule has 1 saturated heterocycles. The molecule has 0 spiro atoms. The first kappa shape index (κ1) is 42.3. The molecule has 3 heterocycles. The van der Waals surface area contributed by atoms with Crippen LogP contribution in [-0.4, -0.2) is 84.0 Å². The molecule has 4 aliphatic rings. The monoisotopic (exact) mass is 832 g/mol. The summed E-state index contributed by atoms with van der Waals surface area (Å²) in [6.45, 7) is 5.40. The molecule has 5 atom stereocenters. The number of alkyl carbamates (subject to hydrolysis) is 1. The summed E-state index contributed by atoms with van der Waals surface area (Å²) in [5.74, 6) is -3.23. The average molecular weight is 833 g/mol. The summed E-state index contributed by atoms with van der Waals surface area (Å²) in [4.78, 5) is 71.6. The number of carbonyl (C=O) groups is 5. The van der Waals surface area contributed by atoms with E-state index in [0.29, 0.717) is 50.9 Å². The maximum Gasteiger partial charge on any atom is 0.416 e. The maximum absolute atomic E-state index is 14.4. The standard InChI is InChI=1S/C39H47F3N6O9S/c1-37(2,3)57-35(52)43-30-14-8-6-4-5-7-13-27-20-38(27,34(51)46-58(54,55)45-28-17-15-26(16-18-28)39(40,41)42)44-32(49)31-19-29(23-48(31)33(30)50)56-36(53)47-21-24-11-9-10-12-25(24)22-47/h7,9-13,15-18,27,29-31,45H,4-6,8,14,19-23H2,1-3H3,(H,43,52)(H,44,49)(H,46,51)/b13-7-/t27-,29+,30-,31-,38+/m0/s1. The second-order valence-electron chi connectivity index (χ2n) is 16.0. The molecule has 5 amide bonds. The van der Waals surface area contributed by atoms with Gasteiger partial charge in [-0.05, 0) is 81.8 Å². The van der Waals surface area contributed by atoms with Gasteiger partial charge in [0.15, 0.2) is 0 Å². The number of hydrogen-bond acceptors (Lipinski definition) is 9. The van der Waals surface area contributed by atoms with Gasteiger partial charge in [-0.25, -0.2) is 14.3 Å². The van der Waals surface area contributed by atoms with Crippen LogP contribution in [0.1, 0.15) is 82.4 Å². The van der Waals surface area contributed by atoms with Crippen molar-refractivity contribution in [1.82, 2.24) is 25.2 Å². The van der Waals surface area contributed by atoms with Crippen molar-refractivity contribution in [3.63, 3.8) is 0 Å². The van der Waals surface area contributed by atoms with Crippen LogP contribution in [0.4, 0.5) is 28.4 Å². The van der Waals surface area contributed by atoms with Crippen LogP contribution in [0.5, 0.6) is 0 Å². The van der Waals surface area contributed by atoms with Crippen LogP contribution in [0.3, 0.4) is 0 Å². The summed E-state index contributed by atoms with van der Waals surface area (Å²) in [5.41, 5.74) is -2.01. The largest absolute Gasteiger partial charge is 0.444 e. The van der Waals surface area contributed by atoms with Gasteiger partial charge in [0, 0.05) is 25.4 Å². The Labute approximate surface area is 334 Å². The number of amides is 5. The molecule has 58 heavy (non-hydrogen) atoms. The summed E-state index contributed by atoms with van der Waals surface area (Å²) in [6, 6.07) is 8.22. The third-order valence-electron chi connectivity index (χ3n) is 10.4. The highest BCUT2D eigenvalue weighted by atomic mass is 32.2. The second kappa shape index (κ2) is 16.5. The molecule has 314 valence electrons. The van der Waals surface area contributed by atoms with E-state index < -0.39 is 87.1 Å². The van der Waals surface area contributed by atoms with E-state index in [-0.39, 0.29) is 31.5 Å². The van der Waals surface area contributed by atoms with Crippen LogP contribution in [0.25, 0.3) is 0 Å². The van der Waals surface area contributed by atoms with Gasteiger partial charge in [0.05, 0.1) is 17.8 Å². The molecule has 3 aliphatic heterocycles. The van der Waals surface area contributed by atoms with Crippen molar-refractivity contribution in [1.29, 1.82) is 0 Å². The summed E-state index contributed by atoms with van der Waals surface area (Å²) < 4.78 is 80.6. The van der Waals surface area contributed by atoms with E-state index in [0.717, 1.165) is 23.3 Å². The molecule has 0 aromatic heterocycles. The molecule has 4 N–H and O–H groups in total. The first-order valence-electron chi connectivity index (χ1n) is 19.1. The van der Waals surface area contributed by atoms with Crippen molar-refractivity contribution < 1.29 is 55.0 Å². The fourth-order valence-corrected chi connectivity index (χ4v) is 8.34. The van der Waals surface area contributed by atoms with Crippen molar-refractivity contribution in [2.24, 2.45) is 5.92 Å².